The van der Waals surface area contributed by atoms with Crippen molar-refractivity contribution in [2.45, 2.75) is 10.9 Å². The fourth-order valence-corrected chi connectivity index (χ4v) is 4.76. The van der Waals surface area contributed by atoms with Gasteiger partial charge in [-0.1, -0.05) is 65.8 Å². The van der Waals surface area contributed by atoms with Gasteiger partial charge in [-0.15, -0.1) is 11.3 Å². The predicted molar refractivity (Wildman–Crippen MR) is 128 cm³/mol. The third kappa shape index (κ3) is 6.07. The normalized spacial score (nSPS) is 11.1. The highest BCUT2D eigenvalue weighted by atomic mass is 35.5. The Hall–Kier alpha value is -2.87. The van der Waals surface area contributed by atoms with E-state index in [1.807, 2.05) is 72.8 Å². The van der Waals surface area contributed by atoms with Gasteiger partial charge in [0.2, 0.25) is 0 Å². The molecule has 3 aromatic carbocycles. The number of fused-ring (bicyclic) bond motifs is 1. The van der Waals surface area contributed by atoms with Crippen LogP contribution in [0.4, 0.5) is 0 Å². The van der Waals surface area contributed by atoms with Gasteiger partial charge in [0, 0.05) is 10.6 Å². The Morgan fingerprint density at radius 1 is 1.13 bits per heavy atom. The van der Waals surface area contributed by atoms with E-state index >= 15 is 0 Å². The van der Waals surface area contributed by atoms with Crippen LogP contribution in [0.5, 0.6) is 5.75 Å². The zero-order valence-electron chi connectivity index (χ0n) is 16.3. The lowest BCUT2D eigenvalue weighted by Crippen LogP contribution is -2.19. The number of para-hydroxylation sites is 1. The van der Waals surface area contributed by atoms with Crippen molar-refractivity contribution in [3.8, 4) is 5.75 Å². The van der Waals surface area contributed by atoms with Gasteiger partial charge in [-0.05, 0) is 35.9 Å². The molecule has 31 heavy (non-hydrogen) atoms. The van der Waals surface area contributed by atoms with E-state index in [2.05, 4.69) is 15.5 Å². The van der Waals surface area contributed by atoms with E-state index in [-0.39, 0.29) is 11.7 Å². The first-order valence-electron chi connectivity index (χ1n) is 9.44. The fourth-order valence-electron chi connectivity index (χ4n) is 2.71. The fraction of sp³-hybridized carbons (Fsp3) is 0.0870. The maximum absolute atomic E-state index is 12.1. The second-order valence-electron chi connectivity index (χ2n) is 6.48. The molecule has 0 spiro atoms. The number of nitrogens with one attached hydrogen (secondary N) is 1. The summed E-state index contributed by atoms with van der Waals surface area (Å²) in [4.78, 5) is 16.6. The van der Waals surface area contributed by atoms with Gasteiger partial charge >= 0.3 is 0 Å². The lowest BCUT2D eigenvalue weighted by molar-refractivity contribution is -0.118. The molecule has 1 N–H and O–H groups in total. The molecule has 0 radical (unpaired) electrons. The maximum Gasteiger partial charge on any atom is 0.250 e. The molecule has 0 saturated heterocycles. The summed E-state index contributed by atoms with van der Waals surface area (Å²) in [5, 5.41) is 4.71. The Labute approximate surface area is 193 Å². The first kappa shape index (κ1) is 21.4. The van der Waals surface area contributed by atoms with E-state index in [1.54, 1.807) is 17.6 Å². The average Bonchev–Trinajstić information content (AvgIpc) is 3.21. The number of carbonyl (C=O) groups is 1. The van der Waals surface area contributed by atoms with Crippen LogP contribution >= 0.6 is 34.7 Å². The number of ether oxygens (including phenoxy) is 1. The van der Waals surface area contributed by atoms with Crippen molar-refractivity contribution in [3.05, 3.63) is 88.9 Å². The molecule has 0 aliphatic carbocycles. The largest absolute Gasteiger partial charge is 0.489 e. The number of hydrogen-bond acceptors (Lipinski definition) is 6. The van der Waals surface area contributed by atoms with Crippen LogP contribution in [0.2, 0.25) is 5.02 Å². The highest BCUT2D eigenvalue weighted by Gasteiger charge is 2.07. The standard InChI is InChI=1S/C23H18ClN3O2S2/c24-19-9-2-1-7-17(19)14-29-18-8-5-6-16(12-18)13-25-27-22(28)15-30-23-26-20-10-3-4-11-21(20)31-23/h1-13H,14-15H2,(H,27,28)/b25-13+. The molecule has 0 unspecified atom stereocenters. The molecule has 8 heteroatoms. The molecule has 4 rings (SSSR count). The molecule has 0 bridgehead atoms. The van der Waals surface area contributed by atoms with Gasteiger partial charge in [0.1, 0.15) is 12.4 Å². The molecule has 0 aliphatic rings. The Morgan fingerprint density at radius 3 is 2.84 bits per heavy atom. The third-order valence-electron chi connectivity index (χ3n) is 4.21. The molecule has 0 atom stereocenters. The monoisotopic (exact) mass is 467 g/mol. The number of rotatable bonds is 8. The van der Waals surface area contributed by atoms with Crippen molar-refractivity contribution in [1.29, 1.82) is 0 Å². The molecule has 0 saturated carbocycles. The van der Waals surface area contributed by atoms with Gasteiger partial charge in [-0.3, -0.25) is 4.79 Å². The van der Waals surface area contributed by atoms with Crippen molar-refractivity contribution in [1.82, 2.24) is 10.4 Å². The highest BCUT2D eigenvalue weighted by molar-refractivity contribution is 8.01. The lowest BCUT2D eigenvalue weighted by Gasteiger charge is -2.08. The van der Waals surface area contributed by atoms with Crippen molar-refractivity contribution >= 4 is 57.0 Å². The van der Waals surface area contributed by atoms with E-state index in [1.165, 1.54) is 11.8 Å². The molecule has 5 nitrogen and oxygen atoms in total. The number of benzene rings is 3. The van der Waals surface area contributed by atoms with Gasteiger partial charge in [-0.2, -0.15) is 5.10 Å². The molecule has 156 valence electrons. The van der Waals surface area contributed by atoms with Gasteiger partial charge in [0.15, 0.2) is 4.34 Å². The third-order valence-corrected chi connectivity index (χ3v) is 6.76. The topological polar surface area (TPSA) is 63.6 Å². The first-order valence-corrected chi connectivity index (χ1v) is 11.6. The van der Waals surface area contributed by atoms with Crippen LogP contribution in [0.15, 0.2) is 82.2 Å². The number of thiazole rings is 1. The molecule has 1 aromatic heterocycles. The van der Waals surface area contributed by atoms with Gasteiger partial charge in [0.25, 0.3) is 5.91 Å². The molecular weight excluding hydrogens is 450 g/mol. The van der Waals surface area contributed by atoms with E-state index in [9.17, 15) is 4.79 Å². The van der Waals surface area contributed by atoms with Gasteiger partial charge < -0.3 is 4.74 Å². The van der Waals surface area contributed by atoms with E-state index in [0.29, 0.717) is 17.4 Å². The molecule has 1 amide bonds. The summed E-state index contributed by atoms with van der Waals surface area (Å²) in [5.41, 5.74) is 5.23. The van der Waals surface area contributed by atoms with Crippen LogP contribution in [-0.2, 0) is 11.4 Å². The summed E-state index contributed by atoms with van der Waals surface area (Å²) in [5.74, 6) is 0.756. The quantitative estimate of drug-likeness (QED) is 0.203. The Morgan fingerprint density at radius 2 is 1.97 bits per heavy atom. The number of hydrogen-bond donors (Lipinski definition) is 1. The summed E-state index contributed by atoms with van der Waals surface area (Å²) >= 11 is 9.13. The summed E-state index contributed by atoms with van der Waals surface area (Å²) in [6.07, 6.45) is 1.59. The van der Waals surface area contributed by atoms with Crippen LogP contribution in [0.3, 0.4) is 0 Å². The Kier molecular flexibility index (Phi) is 7.19. The SMILES string of the molecule is O=C(CSc1nc2ccccc2s1)N/N=C/c1cccc(OCc2ccccc2Cl)c1. The van der Waals surface area contributed by atoms with Crippen LogP contribution in [0, 0.1) is 0 Å². The van der Waals surface area contributed by atoms with Crippen molar-refractivity contribution in [2.24, 2.45) is 5.10 Å². The Bertz CT molecular complexity index is 1190. The van der Waals surface area contributed by atoms with E-state index in [4.69, 9.17) is 16.3 Å². The molecule has 1 heterocycles. The van der Waals surface area contributed by atoms with Crippen molar-refractivity contribution in [3.63, 3.8) is 0 Å². The zero-order valence-corrected chi connectivity index (χ0v) is 18.7. The number of thioether (sulfide) groups is 1. The number of aromatic nitrogens is 1. The molecule has 4 aromatic rings. The maximum atomic E-state index is 12.1. The van der Waals surface area contributed by atoms with Crippen molar-refractivity contribution in [2.75, 3.05) is 5.75 Å². The average molecular weight is 468 g/mol. The van der Waals surface area contributed by atoms with E-state index in [0.717, 1.165) is 25.7 Å². The van der Waals surface area contributed by atoms with E-state index < -0.39 is 0 Å². The predicted octanol–water partition coefficient (Wildman–Crippen LogP) is 5.77. The summed E-state index contributed by atoms with van der Waals surface area (Å²) in [6.45, 7) is 0.375. The lowest BCUT2D eigenvalue weighted by atomic mass is 10.2. The van der Waals surface area contributed by atoms with Crippen molar-refractivity contribution < 1.29 is 9.53 Å². The van der Waals surface area contributed by atoms with Crippen LogP contribution in [-0.4, -0.2) is 22.9 Å². The summed E-state index contributed by atoms with van der Waals surface area (Å²) in [7, 11) is 0. The van der Waals surface area contributed by atoms with Gasteiger partial charge in [0.05, 0.1) is 22.2 Å². The second kappa shape index (κ2) is 10.4. The summed E-state index contributed by atoms with van der Waals surface area (Å²) in [6, 6.07) is 22.9. The Balaban J connectivity index is 1.26. The number of carbonyl (C=O) groups excluding carboxylic acids is 1. The number of amides is 1. The first-order chi connectivity index (χ1) is 15.2. The molecular formula is C23H18ClN3O2S2. The number of halogens is 1. The minimum atomic E-state index is -0.188. The summed E-state index contributed by atoms with van der Waals surface area (Å²) < 4.78 is 7.79. The second-order valence-corrected chi connectivity index (χ2v) is 9.14. The number of nitrogens with zero attached hydrogens (tertiary/aromatic N) is 2. The minimum Gasteiger partial charge on any atom is -0.489 e. The minimum absolute atomic E-state index is 0.188. The van der Waals surface area contributed by atoms with Crippen LogP contribution in [0.1, 0.15) is 11.1 Å². The smallest absolute Gasteiger partial charge is 0.250 e. The van der Waals surface area contributed by atoms with Crippen LogP contribution in [0.25, 0.3) is 10.2 Å². The van der Waals surface area contributed by atoms with Crippen LogP contribution < -0.4 is 10.2 Å². The zero-order chi connectivity index (χ0) is 21.5. The number of hydrazone groups is 1. The molecule has 0 fully saturated rings. The van der Waals surface area contributed by atoms with Gasteiger partial charge in [-0.25, -0.2) is 10.4 Å². The highest BCUT2D eigenvalue weighted by Crippen LogP contribution is 2.29. The molecule has 0 aliphatic heterocycles.